The summed E-state index contributed by atoms with van der Waals surface area (Å²) in [7, 11) is 0. The Bertz CT molecular complexity index is 224. The number of alkyl halides is 4. The van der Waals surface area contributed by atoms with Crippen molar-refractivity contribution in [2.75, 3.05) is 0 Å². The predicted molar refractivity (Wildman–Crippen MR) is 44.6 cm³/mol. The minimum absolute atomic E-state index is 0.168. The van der Waals surface area contributed by atoms with Gasteiger partial charge in [-0.2, -0.15) is 17.6 Å². The molecule has 0 spiro atoms. The molecule has 2 atom stereocenters. The molecule has 0 heterocycles. The van der Waals surface area contributed by atoms with Gasteiger partial charge in [0, 0.05) is 12.3 Å². The molecule has 14 heavy (non-hydrogen) atoms. The minimum atomic E-state index is -3.77. The standard InChI is InChI=1S/C10H14F4/c11-9(12)6-5-7-3-1-2-4-8(7)10(9,13)14/h7-8H,1-6H2. The molecule has 0 radical (unpaired) electrons. The second-order valence-electron chi connectivity index (χ2n) is 4.52. The van der Waals surface area contributed by atoms with Crippen molar-refractivity contribution in [1.82, 2.24) is 0 Å². The van der Waals surface area contributed by atoms with Gasteiger partial charge >= 0.3 is 11.8 Å². The average molecular weight is 210 g/mol. The van der Waals surface area contributed by atoms with E-state index in [9.17, 15) is 17.6 Å². The molecular formula is C10H14F4. The van der Waals surface area contributed by atoms with E-state index < -0.39 is 24.2 Å². The summed E-state index contributed by atoms with van der Waals surface area (Å²) in [5.41, 5.74) is 0. The molecule has 2 aliphatic rings. The first kappa shape index (κ1) is 10.2. The highest BCUT2D eigenvalue weighted by atomic mass is 19.3. The summed E-state index contributed by atoms with van der Waals surface area (Å²) in [4.78, 5) is 0. The van der Waals surface area contributed by atoms with Crippen molar-refractivity contribution in [3.05, 3.63) is 0 Å². The number of hydrogen-bond acceptors (Lipinski definition) is 0. The summed E-state index contributed by atoms with van der Waals surface area (Å²) >= 11 is 0. The maximum absolute atomic E-state index is 13.4. The van der Waals surface area contributed by atoms with Gasteiger partial charge in [-0.15, -0.1) is 0 Å². The second-order valence-corrected chi connectivity index (χ2v) is 4.52. The van der Waals surface area contributed by atoms with Gasteiger partial charge in [0.05, 0.1) is 0 Å². The molecule has 0 aromatic carbocycles. The van der Waals surface area contributed by atoms with Crippen LogP contribution in [0.2, 0.25) is 0 Å². The zero-order valence-corrected chi connectivity index (χ0v) is 7.91. The van der Waals surface area contributed by atoms with Gasteiger partial charge < -0.3 is 0 Å². The van der Waals surface area contributed by atoms with Crippen LogP contribution in [-0.2, 0) is 0 Å². The molecule has 0 aromatic rings. The first-order valence-corrected chi connectivity index (χ1v) is 5.21. The van der Waals surface area contributed by atoms with E-state index in [0.29, 0.717) is 12.8 Å². The van der Waals surface area contributed by atoms with Gasteiger partial charge in [-0.05, 0) is 25.2 Å². The Balaban J connectivity index is 2.22. The third kappa shape index (κ3) is 1.34. The second kappa shape index (κ2) is 3.11. The van der Waals surface area contributed by atoms with Crippen LogP contribution < -0.4 is 0 Å². The van der Waals surface area contributed by atoms with E-state index >= 15 is 0 Å². The SMILES string of the molecule is FC1(F)CCC2CCCCC2C1(F)F. The van der Waals surface area contributed by atoms with Gasteiger partial charge in [0.25, 0.3) is 0 Å². The van der Waals surface area contributed by atoms with Gasteiger partial charge in [0.1, 0.15) is 0 Å². The van der Waals surface area contributed by atoms with Gasteiger partial charge in [0.15, 0.2) is 0 Å². The Morgan fingerprint density at radius 1 is 0.857 bits per heavy atom. The minimum Gasteiger partial charge on any atom is -0.200 e. The Labute approximate surface area is 80.7 Å². The molecule has 4 heteroatoms. The summed E-state index contributed by atoms with van der Waals surface area (Å²) < 4.78 is 52.7. The molecule has 0 amide bonds. The number of hydrogen-bond donors (Lipinski definition) is 0. The monoisotopic (exact) mass is 210 g/mol. The summed E-state index contributed by atoms with van der Waals surface area (Å²) in [5, 5.41) is 0. The van der Waals surface area contributed by atoms with Crippen LogP contribution in [0.15, 0.2) is 0 Å². The molecule has 2 saturated carbocycles. The normalized spacial score (nSPS) is 40.3. The van der Waals surface area contributed by atoms with Crippen LogP contribution in [0.1, 0.15) is 38.5 Å². The highest BCUT2D eigenvalue weighted by Crippen LogP contribution is 2.55. The Morgan fingerprint density at radius 3 is 2.21 bits per heavy atom. The topological polar surface area (TPSA) is 0 Å². The Hall–Kier alpha value is -0.280. The highest BCUT2D eigenvalue weighted by molar-refractivity contribution is 4.99. The zero-order chi connectivity index (χ0) is 10.4. The molecule has 0 N–H and O–H groups in total. The van der Waals surface area contributed by atoms with Crippen LogP contribution in [0.4, 0.5) is 17.6 Å². The molecule has 2 fully saturated rings. The maximum atomic E-state index is 13.4. The predicted octanol–water partition coefficient (Wildman–Crippen LogP) is 3.86. The van der Waals surface area contributed by atoms with Crippen LogP contribution in [0.5, 0.6) is 0 Å². The van der Waals surface area contributed by atoms with Crippen molar-refractivity contribution < 1.29 is 17.6 Å². The summed E-state index contributed by atoms with van der Waals surface area (Å²) in [6.07, 6.45) is 2.20. The highest BCUT2D eigenvalue weighted by Gasteiger charge is 2.64. The number of halogens is 4. The fourth-order valence-corrected chi connectivity index (χ4v) is 2.84. The van der Waals surface area contributed by atoms with Gasteiger partial charge in [-0.1, -0.05) is 12.8 Å². The molecule has 2 unspecified atom stereocenters. The van der Waals surface area contributed by atoms with E-state index in [-0.39, 0.29) is 18.8 Å². The third-order valence-corrected chi connectivity index (χ3v) is 3.69. The van der Waals surface area contributed by atoms with E-state index in [1.54, 1.807) is 0 Å². The van der Waals surface area contributed by atoms with Crippen molar-refractivity contribution >= 4 is 0 Å². The zero-order valence-electron chi connectivity index (χ0n) is 7.91. The molecule has 0 bridgehead atoms. The van der Waals surface area contributed by atoms with E-state index in [1.807, 2.05) is 0 Å². The molecule has 82 valence electrons. The average Bonchev–Trinajstić information content (AvgIpc) is 2.13. The maximum Gasteiger partial charge on any atom is 0.313 e. The van der Waals surface area contributed by atoms with E-state index in [0.717, 1.165) is 6.42 Å². The Kier molecular flexibility index (Phi) is 2.27. The number of rotatable bonds is 0. The fourth-order valence-electron chi connectivity index (χ4n) is 2.84. The lowest BCUT2D eigenvalue weighted by Gasteiger charge is -2.44. The number of fused-ring (bicyclic) bond motifs is 1. The summed E-state index contributed by atoms with van der Waals surface area (Å²) in [6.45, 7) is 0. The van der Waals surface area contributed by atoms with Crippen molar-refractivity contribution in [2.24, 2.45) is 11.8 Å². The van der Waals surface area contributed by atoms with Crippen LogP contribution >= 0.6 is 0 Å². The lowest BCUT2D eigenvalue weighted by atomic mass is 9.67. The largest absolute Gasteiger partial charge is 0.313 e. The lowest BCUT2D eigenvalue weighted by Crippen LogP contribution is -2.53. The quantitative estimate of drug-likeness (QED) is 0.532. The molecule has 2 aliphatic carbocycles. The molecule has 0 aromatic heterocycles. The van der Waals surface area contributed by atoms with Gasteiger partial charge in [-0.3, -0.25) is 0 Å². The Morgan fingerprint density at radius 2 is 1.50 bits per heavy atom. The molecule has 0 saturated heterocycles. The molecule has 0 nitrogen and oxygen atoms in total. The third-order valence-electron chi connectivity index (χ3n) is 3.69. The van der Waals surface area contributed by atoms with Gasteiger partial charge in [-0.25, -0.2) is 0 Å². The smallest absolute Gasteiger partial charge is 0.200 e. The van der Waals surface area contributed by atoms with Crippen molar-refractivity contribution in [2.45, 2.75) is 50.4 Å². The molecular weight excluding hydrogens is 196 g/mol. The van der Waals surface area contributed by atoms with Crippen molar-refractivity contribution in [3.8, 4) is 0 Å². The molecule has 2 rings (SSSR count). The fraction of sp³-hybridized carbons (Fsp3) is 1.00. The van der Waals surface area contributed by atoms with Crippen LogP contribution in [-0.4, -0.2) is 11.8 Å². The van der Waals surface area contributed by atoms with Crippen molar-refractivity contribution in [3.63, 3.8) is 0 Å². The lowest BCUT2D eigenvalue weighted by molar-refractivity contribution is -0.272. The van der Waals surface area contributed by atoms with Crippen molar-refractivity contribution in [1.29, 1.82) is 0 Å². The summed E-state index contributed by atoms with van der Waals surface area (Å²) in [6, 6.07) is 0. The van der Waals surface area contributed by atoms with Crippen LogP contribution in [0, 0.1) is 11.8 Å². The van der Waals surface area contributed by atoms with E-state index in [4.69, 9.17) is 0 Å². The first-order valence-electron chi connectivity index (χ1n) is 5.21. The van der Waals surface area contributed by atoms with Gasteiger partial charge in [0.2, 0.25) is 0 Å². The molecule has 0 aliphatic heterocycles. The summed E-state index contributed by atoms with van der Waals surface area (Å²) in [5.74, 6) is -8.78. The van der Waals surface area contributed by atoms with Crippen LogP contribution in [0.25, 0.3) is 0 Å². The first-order chi connectivity index (χ1) is 6.45. The van der Waals surface area contributed by atoms with Crippen LogP contribution in [0.3, 0.4) is 0 Å². The van der Waals surface area contributed by atoms with E-state index in [2.05, 4.69) is 0 Å². The van der Waals surface area contributed by atoms with E-state index in [1.165, 1.54) is 0 Å².